The lowest BCUT2D eigenvalue weighted by atomic mass is 9.81. The van der Waals surface area contributed by atoms with Gasteiger partial charge in [-0.15, -0.1) is 0 Å². The van der Waals surface area contributed by atoms with E-state index in [1.165, 1.54) is 5.56 Å². The summed E-state index contributed by atoms with van der Waals surface area (Å²) in [4.78, 5) is 12.5. The second kappa shape index (κ2) is 9.95. The van der Waals surface area contributed by atoms with E-state index in [2.05, 4.69) is 26.8 Å². The molecule has 1 aliphatic heterocycles. The molecule has 0 amide bonds. The van der Waals surface area contributed by atoms with E-state index in [1.807, 2.05) is 66.7 Å². The molecule has 0 saturated carbocycles. The smallest absolute Gasteiger partial charge is 0.349 e. The van der Waals surface area contributed by atoms with Gasteiger partial charge in [0.25, 0.3) is 0 Å². The standard InChI is InChI=1S/C32H28N2O4/c1-32(2,3)21-11-13-22(14-12-21)36-19-29(35)37-23-15-16-26-28(17-23)38-31(34)27(18-33)30(26)25-10-6-8-20-7-4-5-9-24(20)25/h4-17,30H,19,34H2,1-3H3. The second-order valence-corrected chi connectivity index (χ2v) is 10.2. The van der Waals surface area contributed by atoms with Crippen molar-refractivity contribution < 1.29 is 19.0 Å². The summed E-state index contributed by atoms with van der Waals surface area (Å²) in [5, 5.41) is 12.0. The Kier molecular flexibility index (Phi) is 6.52. The quantitative estimate of drug-likeness (QED) is 0.252. The van der Waals surface area contributed by atoms with Crippen LogP contribution in [0.5, 0.6) is 17.2 Å². The maximum atomic E-state index is 12.5. The van der Waals surface area contributed by atoms with Crippen LogP contribution < -0.4 is 19.9 Å². The van der Waals surface area contributed by atoms with Crippen molar-refractivity contribution in [2.75, 3.05) is 6.61 Å². The number of fused-ring (bicyclic) bond motifs is 2. The molecule has 1 aliphatic rings. The molecule has 0 bridgehead atoms. The fourth-order valence-electron chi connectivity index (χ4n) is 4.68. The van der Waals surface area contributed by atoms with E-state index in [-0.39, 0.29) is 17.9 Å². The molecular weight excluding hydrogens is 476 g/mol. The third-order valence-corrected chi connectivity index (χ3v) is 6.63. The molecule has 0 spiro atoms. The Hall–Kier alpha value is -4.76. The van der Waals surface area contributed by atoms with Crippen molar-refractivity contribution in [1.82, 2.24) is 0 Å². The molecule has 190 valence electrons. The average molecular weight is 505 g/mol. The summed E-state index contributed by atoms with van der Waals surface area (Å²) in [5.41, 5.74) is 9.44. The maximum Gasteiger partial charge on any atom is 0.349 e. The maximum absolute atomic E-state index is 12.5. The Morgan fingerprint density at radius 3 is 2.39 bits per heavy atom. The number of hydrogen-bond donors (Lipinski definition) is 1. The monoisotopic (exact) mass is 504 g/mol. The van der Waals surface area contributed by atoms with E-state index in [9.17, 15) is 10.1 Å². The van der Waals surface area contributed by atoms with Crippen molar-refractivity contribution in [1.29, 1.82) is 5.26 Å². The summed E-state index contributed by atoms with van der Waals surface area (Å²) >= 11 is 0. The zero-order chi connectivity index (χ0) is 26.9. The van der Waals surface area contributed by atoms with Gasteiger partial charge in [0, 0.05) is 11.6 Å². The molecule has 4 aromatic rings. The number of hydrogen-bond acceptors (Lipinski definition) is 6. The Bertz CT molecular complexity index is 1590. The van der Waals surface area contributed by atoms with Crippen LogP contribution in [0.25, 0.3) is 10.8 Å². The zero-order valence-electron chi connectivity index (χ0n) is 21.5. The van der Waals surface area contributed by atoms with E-state index < -0.39 is 11.9 Å². The summed E-state index contributed by atoms with van der Waals surface area (Å²) in [6, 6.07) is 29.0. The van der Waals surface area contributed by atoms with Crippen LogP contribution in [-0.2, 0) is 10.2 Å². The second-order valence-electron chi connectivity index (χ2n) is 10.2. The fraction of sp³-hybridized carbons (Fsp3) is 0.188. The minimum atomic E-state index is -0.549. The highest BCUT2D eigenvalue weighted by atomic mass is 16.6. The van der Waals surface area contributed by atoms with E-state index in [0.717, 1.165) is 21.9 Å². The van der Waals surface area contributed by atoms with Crippen molar-refractivity contribution in [2.45, 2.75) is 32.1 Å². The highest BCUT2D eigenvalue weighted by Crippen LogP contribution is 2.45. The zero-order valence-corrected chi connectivity index (χ0v) is 21.5. The first-order valence-electron chi connectivity index (χ1n) is 12.4. The summed E-state index contributed by atoms with van der Waals surface area (Å²) in [7, 11) is 0. The first-order valence-corrected chi connectivity index (χ1v) is 12.4. The number of nitrogens with zero attached hydrogens (tertiary/aromatic N) is 1. The number of carbonyl (C=O) groups excluding carboxylic acids is 1. The molecule has 1 atom stereocenters. The summed E-state index contributed by atoms with van der Waals surface area (Å²) in [6.07, 6.45) is 0. The lowest BCUT2D eigenvalue weighted by Crippen LogP contribution is -2.22. The lowest BCUT2D eigenvalue weighted by Gasteiger charge is -2.27. The number of carbonyl (C=O) groups is 1. The van der Waals surface area contributed by atoms with Crippen LogP contribution in [0.15, 0.2) is 96.4 Å². The number of esters is 1. The van der Waals surface area contributed by atoms with E-state index in [4.69, 9.17) is 19.9 Å². The van der Waals surface area contributed by atoms with Crippen molar-refractivity contribution in [3.8, 4) is 23.3 Å². The summed E-state index contributed by atoms with van der Waals surface area (Å²) < 4.78 is 16.9. The molecule has 6 nitrogen and oxygen atoms in total. The van der Waals surface area contributed by atoms with E-state index in [0.29, 0.717) is 22.8 Å². The van der Waals surface area contributed by atoms with Gasteiger partial charge in [0.15, 0.2) is 6.61 Å². The molecular formula is C32H28N2O4. The molecule has 0 saturated heterocycles. The molecule has 1 heterocycles. The molecule has 38 heavy (non-hydrogen) atoms. The number of nitrogens with two attached hydrogens (primary N) is 1. The molecule has 1 unspecified atom stereocenters. The topological polar surface area (TPSA) is 94.6 Å². The molecule has 2 N–H and O–H groups in total. The van der Waals surface area contributed by atoms with Crippen molar-refractivity contribution >= 4 is 16.7 Å². The summed E-state index contributed by atoms with van der Waals surface area (Å²) in [5.74, 6) is 0.382. The minimum Gasteiger partial charge on any atom is -0.482 e. The van der Waals surface area contributed by atoms with Crippen LogP contribution in [0.2, 0.25) is 0 Å². The van der Waals surface area contributed by atoms with E-state index in [1.54, 1.807) is 18.2 Å². The molecule has 0 fully saturated rings. The molecule has 5 rings (SSSR count). The molecule has 0 aliphatic carbocycles. The SMILES string of the molecule is CC(C)(C)c1ccc(OCC(=O)Oc2ccc3c(c2)OC(N)=C(C#N)C3c2cccc3ccccc23)cc1. The Morgan fingerprint density at radius 1 is 0.947 bits per heavy atom. The van der Waals surface area contributed by atoms with Gasteiger partial charge in [0.2, 0.25) is 5.88 Å². The number of ether oxygens (including phenoxy) is 3. The minimum absolute atomic E-state index is 0.0310. The Balaban J connectivity index is 1.36. The number of rotatable bonds is 5. The number of nitriles is 1. The van der Waals surface area contributed by atoms with Gasteiger partial charge >= 0.3 is 5.97 Å². The molecule has 4 aromatic carbocycles. The summed E-state index contributed by atoms with van der Waals surface area (Å²) in [6.45, 7) is 6.16. The first kappa shape index (κ1) is 24.9. The van der Waals surface area contributed by atoms with Crippen molar-refractivity contribution in [3.63, 3.8) is 0 Å². The largest absolute Gasteiger partial charge is 0.482 e. The van der Waals surface area contributed by atoms with Crippen LogP contribution >= 0.6 is 0 Å². The first-order chi connectivity index (χ1) is 18.2. The van der Waals surface area contributed by atoms with Crippen LogP contribution in [0.1, 0.15) is 43.4 Å². The van der Waals surface area contributed by atoms with Crippen LogP contribution in [0, 0.1) is 11.3 Å². The highest BCUT2D eigenvalue weighted by molar-refractivity contribution is 5.87. The third-order valence-electron chi connectivity index (χ3n) is 6.63. The predicted octanol–water partition coefficient (Wildman–Crippen LogP) is 6.34. The van der Waals surface area contributed by atoms with Crippen molar-refractivity contribution in [3.05, 3.63) is 113 Å². The third kappa shape index (κ3) is 4.91. The number of allylic oxidation sites excluding steroid dienone is 1. The Morgan fingerprint density at radius 2 is 1.66 bits per heavy atom. The van der Waals surface area contributed by atoms with Gasteiger partial charge in [-0.25, -0.2) is 4.79 Å². The fourth-order valence-corrected chi connectivity index (χ4v) is 4.68. The molecule has 0 aromatic heterocycles. The molecule has 0 radical (unpaired) electrons. The van der Waals surface area contributed by atoms with Crippen molar-refractivity contribution in [2.24, 2.45) is 5.73 Å². The molecule has 6 heteroatoms. The van der Waals surface area contributed by atoms with E-state index >= 15 is 0 Å². The van der Waals surface area contributed by atoms with Gasteiger partial charge in [-0.3, -0.25) is 0 Å². The number of benzene rings is 4. The van der Waals surface area contributed by atoms with Gasteiger partial charge in [0.1, 0.15) is 28.9 Å². The van der Waals surface area contributed by atoms with Gasteiger partial charge in [-0.2, -0.15) is 5.26 Å². The van der Waals surface area contributed by atoms with Gasteiger partial charge in [-0.1, -0.05) is 81.4 Å². The van der Waals surface area contributed by atoms with Gasteiger partial charge in [0.05, 0.1) is 5.92 Å². The van der Waals surface area contributed by atoms with Crippen LogP contribution in [-0.4, -0.2) is 12.6 Å². The normalized spacial score (nSPS) is 14.8. The Labute approximate surface area is 221 Å². The average Bonchev–Trinajstić information content (AvgIpc) is 2.90. The highest BCUT2D eigenvalue weighted by Gasteiger charge is 2.32. The van der Waals surface area contributed by atoms with Gasteiger partial charge < -0.3 is 19.9 Å². The van der Waals surface area contributed by atoms with Crippen LogP contribution in [0.3, 0.4) is 0 Å². The van der Waals surface area contributed by atoms with Crippen LogP contribution in [0.4, 0.5) is 0 Å². The lowest BCUT2D eigenvalue weighted by molar-refractivity contribution is -0.136. The predicted molar refractivity (Wildman–Crippen MR) is 146 cm³/mol. The van der Waals surface area contributed by atoms with Gasteiger partial charge in [-0.05, 0) is 45.5 Å².